The maximum atomic E-state index is 11.4. The molecule has 18 heavy (non-hydrogen) atoms. The number of hydrogen-bond acceptors (Lipinski definition) is 6. The summed E-state index contributed by atoms with van der Waals surface area (Å²) in [7, 11) is 1.54. The smallest absolute Gasteiger partial charge is 0.176 e. The van der Waals surface area contributed by atoms with Crippen molar-refractivity contribution >= 4 is 27.8 Å². The monoisotopic (exact) mass is 272 g/mol. The highest BCUT2D eigenvalue weighted by molar-refractivity contribution is 7.19. The van der Waals surface area contributed by atoms with Crippen LogP contribution < -0.4 is 15.8 Å². The van der Waals surface area contributed by atoms with E-state index >= 15 is 0 Å². The van der Waals surface area contributed by atoms with Crippen molar-refractivity contribution < 1.29 is 14.3 Å². The number of nitrogen functional groups attached to an aromatic ring is 1. The SMILES string of the molecule is COc1c(NCCOC(C)C)sc(C(C)=O)c1N. The van der Waals surface area contributed by atoms with Crippen molar-refractivity contribution in [3.05, 3.63) is 4.88 Å². The van der Waals surface area contributed by atoms with E-state index in [1.165, 1.54) is 25.4 Å². The van der Waals surface area contributed by atoms with Gasteiger partial charge in [-0.1, -0.05) is 0 Å². The van der Waals surface area contributed by atoms with Gasteiger partial charge < -0.3 is 20.5 Å². The molecule has 0 aliphatic carbocycles. The van der Waals surface area contributed by atoms with Crippen molar-refractivity contribution in [3.63, 3.8) is 0 Å². The zero-order valence-electron chi connectivity index (χ0n) is 11.2. The fourth-order valence-electron chi connectivity index (χ4n) is 1.47. The van der Waals surface area contributed by atoms with E-state index in [-0.39, 0.29) is 11.9 Å². The number of ketones is 1. The van der Waals surface area contributed by atoms with Crippen LogP contribution in [0.1, 0.15) is 30.4 Å². The number of hydrogen-bond donors (Lipinski definition) is 2. The number of carbonyl (C=O) groups excluding carboxylic acids is 1. The molecule has 3 N–H and O–H groups in total. The predicted octanol–water partition coefficient (Wildman–Crippen LogP) is 2.38. The van der Waals surface area contributed by atoms with Crippen LogP contribution in [0.25, 0.3) is 0 Å². The molecule has 0 aromatic carbocycles. The maximum absolute atomic E-state index is 11.4. The minimum absolute atomic E-state index is 0.0534. The van der Waals surface area contributed by atoms with Gasteiger partial charge in [-0.2, -0.15) is 0 Å². The second-order valence-corrected chi connectivity index (χ2v) is 5.13. The Kier molecular flexibility index (Phi) is 5.43. The van der Waals surface area contributed by atoms with Crippen molar-refractivity contribution in [3.8, 4) is 5.75 Å². The van der Waals surface area contributed by atoms with Crippen molar-refractivity contribution in [2.75, 3.05) is 31.3 Å². The van der Waals surface area contributed by atoms with Crippen LogP contribution in [0.15, 0.2) is 0 Å². The van der Waals surface area contributed by atoms with Gasteiger partial charge in [0.2, 0.25) is 0 Å². The molecule has 102 valence electrons. The fraction of sp³-hybridized carbons (Fsp3) is 0.583. The third-order valence-corrected chi connectivity index (χ3v) is 3.51. The van der Waals surface area contributed by atoms with Crippen LogP contribution in [-0.4, -0.2) is 32.1 Å². The molecule has 1 aromatic rings. The average molecular weight is 272 g/mol. The molecule has 0 atom stereocenters. The molecule has 0 aliphatic rings. The van der Waals surface area contributed by atoms with Crippen molar-refractivity contribution in [1.82, 2.24) is 0 Å². The number of nitrogens with two attached hydrogens (primary N) is 1. The van der Waals surface area contributed by atoms with E-state index in [0.717, 1.165) is 5.00 Å². The first kappa shape index (κ1) is 14.8. The second-order valence-electron chi connectivity index (χ2n) is 4.11. The highest BCUT2D eigenvalue weighted by Crippen LogP contribution is 2.42. The van der Waals surface area contributed by atoms with Gasteiger partial charge in [-0.25, -0.2) is 0 Å². The van der Waals surface area contributed by atoms with Gasteiger partial charge in [-0.15, -0.1) is 11.3 Å². The summed E-state index contributed by atoms with van der Waals surface area (Å²) >= 11 is 1.31. The van der Waals surface area contributed by atoms with Gasteiger partial charge in [0.15, 0.2) is 11.5 Å². The van der Waals surface area contributed by atoms with Crippen molar-refractivity contribution in [1.29, 1.82) is 0 Å². The van der Waals surface area contributed by atoms with Crippen LogP contribution in [0.3, 0.4) is 0 Å². The Morgan fingerprint density at radius 2 is 2.17 bits per heavy atom. The Hall–Kier alpha value is -1.27. The first-order valence-electron chi connectivity index (χ1n) is 5.80. The predicted molar refractivity (Wildman–Crippen MR) is 74.9 cm³/mol. The summed E-state index contributed by atoms with van der Waals surface area (Å²) in [5.74, 6) is 0.483. The van der Waals surface area contributed by atoms with Gasteiger partial charge in [0.1, 0.15) is 5.00 Å². The molecule has 0 radical (unpaired) electrons. The van der Waals surface area contributed by atoms with Gasteiger partial charge in [0.25, 0.3) is 0 Å². The lowest BCUT2D eigenvalue weighted by Crippen LogP contribution is -2.12. The molecule has 0 saturated carbocycles. The summed E-state index contributed by atoms with van der Waals surface area (Å²) in [4.78, 5) is 11.9. The third-order valence-electron chi connectivity index (χ3n) is 2.26. The molecule has 0 bridgehead atoms. The molecule has 5 nitrogen and oxygen atoms in total. The number of nitrogens with one attached hydrogen (secondary N) is 1. The Labute approximate surface area is 111 Å². The van der Waals surface area contributed by atoms with E-state index in [1.54, 1.807) is 0 Å². The summed E-state index contributed by atoms with van der Waals surface area (Å²) < 4.78 is 10.6. The lowest BCUT2D eigenvalue weighted by atomic mass is 10.3. The fourth-order valence-corrected chi connectivity index (χ4v) is 2.48. The molecule has 0 fully saturated rings. The summed E-state index contributed by atoms with van der Waals surface area (Å²) in [5, 5.41) is 3.94. The topological polar surface area (TPSA) is 73.6 Å². The molecule has 1 heterocycles. The van der Waals surface area contributed by atoms with Crippen LogP contribution in [0.4, 0.5) is 10.7 Å². The Bertz CT molecular complexity index is 416. The standard InChI is InChI=1S/C12H20N2O3S/c1-7(2)17-6-5-14-12-10(16-4)9(13)11(18-12)8(3)15/h7,14H,5-6,13H2,1-4H3. The van der Waals surface area contributed by atoms with E-state index in [9.17, 15) is 4.79 Å². The van der Waals surface area contributed by atoms with Crippen LogP contribution in [0.2, 0.25) is 0 Å². The molecule has 0 unspecified atom stereocenters. The first-order valence-corrected chi connectivity index (χ1v) is 6.61. The van der Waals surface area contributed by atoms with Crippen LogP contribution in [0.5, 0.6) is 5.75 Å². The summed E-state index contributed by atoms with van der Waals surface area (Å²) in [6.07, 6.45) is 0.204. The Morgan fingerprint density at radius 3 is 2.67 bits per heavy atom. The van der Waals surface area contributed by atoms with E-state index in [1.807, 2.05) is 13.8 Å². The first-order chi connectivity index (χ1) is 8.47. The van der Waals surface area contributed by atoms with Gasteiger partial charge in [-0.05, 0) is 13.8 Å². The van der Waals surface area contributed by atoms with Crippen LogP contribution in [0, 0.1) is 0 Å². The summed E-state index contributed by atoms with van der Waals surface area (Å²) in [6, 6.07) is 0. The van der Waals surface area contributed by atoms with Crippen molar-refractivity contribution in [2.24, 2.45) is 0 Å². The second kappa shape index (κ2) is 6.61. The van der Waals surface area contributed by atoms with Crippen molar-refractivity contribution in [2.45, 2.75) is 26.9 Å². The minimum Gasteiger partial charge on any atom is -0.492 e. The third kappa shape index (κ3) is 3.61. The van der Waals surface area contributed by atoms with Gasteiger partial charge in [-0.3, -0.25) is 4.79 Å². The van der Waals surface area contributed by atoms with Gasteiger partial charge in [0.05, 0.1) is 30.4 Å². The lowest BCUT2D eigenvalue weighted by Gasteiger charge is -2.09. The summed E-state index contributed by atoms with van der Waals surface area (Å²) in [5.41, 5.74) is 6.27. The lowest BCUT2D eigenvalue weighted by molar-refractivity contribution is 0.0870. The molecule has 6 heteroatoms. The van der Waals surface area contributed by atoms with Crippen LogP contribution in [-0.2, 0) is 4.74 Å². The van der Waals surface area contributed by atoms with Gasteiger partial charge >= 0.3 is 0 Å². The normalized spacial score (nSPS) is 10.7. The minimum atomic E-state index is -0.0534. The molecular formula is C12H20N2O3S. The number of methoxy groups -OCH3 is 1. The number of rotatable bonds is 7. The Balaban J connectivity index is 2.70. The molecular weight excluding hydrogens is 252 g/mol. The van der Waals surface area contributed by atoms with E-state index in [0.29, 0.717) is 29.5 Å². The molecule has 1 rings (SSSR count). The highest BCUT2D eigenvalue weighted by Gasteiger charge is 2.19. The summed E-state index contributed by atoms with van der Waals surface area (Å²) in [6.45, 7) is 6.70. The van der Waals surface area contributed by atoms with Crippen LogP contribution >= 0.6 is 11.3 Å². The number of Topliss-reactive ketones (excluding diaryl/α,β-unsaturated/α-hetero) is 1. The number of anilines is 2. The zero-order chi connectivity index (χ0) is 13.7. The Morgan fingerprint density at radius 1 is 1.50 bits per heavy atom. The molecule has 0 aliphatic heterocycles. The number of thiophene rings is 1. The molecule has 0 spiro atoms. The average Bonchev–Trinajstić information content (AvgIpc) is 2.61. The van der Waals surface area contributed by atoms with Gasteiger partial charge in [0, 0.05) is 13.5 Å². The quantitative estimate of drug-likeness (QED) is 0.589. The largest absolute Gasteiger partial charge is 0.492 e. The highest BCUT2D eigenvalue weighted by atomic mass is 32.1. The van der Waals surface area contributed by atoms with E-state index in [2.05, 4.69) is 5.32 Å². The van der Waals surface area contributed by atoms with E-state index in [4.69, 9.17) is 15.2 Å². The molecule has 0 saturated heterocycles. The zero-order valence-corrected chi connectivity index (χ0v) is 12.0. The van der Waals surface area contributed by atoms with E-state index < -0.39 is 0 Å². The number of ether oxygens (including phenoxy) is 2. The molecule has 1 aromatic heterocycles. The maximum Gasteiger partial charge on any atom is 0.176 e. The number of carbonyl (C=O) groups is 1. The molecule has 0 amide bonds.